The van der Waals surface area contributed by atoms with Crippen LogP contribution < -0.4 is 4.90 Å². The van der Waals surface area contributed by atoms with Gasteiger partial charge in [-0.15, -0.1) is 0 Å². The van der Waals surface area contributed by atoms with Crippen LogP contribution in [-0.4, -0.2) is 28.7 Å². The van der Waals surface area contributed by atoms with Gasteiger partial charge in [-0.1, -0.05) is 12.1 Å². The van der Waals surface area contributed by atoms with E-state index in [1.807, 2.05) is 26.8 Å². The number of fused-ring (bicyclic) bond motifs is 1. The first kappa shape index (κ1) is 14.8. The number of benzene rings is 1. The molecule has 0 saturated carbocycles. The maximum atomic E-state index is 12.1. The highest BCUT2D eigenvalue weighted by molar-refractivity contribution is 5.90. The van der Waals surface area contributed by atoms with Crippen molar-refractivity contribution >= 4 is 11.8 Å². The number of carbonyl (C=O) groups excluding carboxylic acids is 1. The number of hydrogen-bond acceptors (Lipinski definition) is 5. The molecule has 0 atom stereocenters. The molecule has 6 heteroatoms. The van der Waals surface area contributed by atoms with Gasteiger partial charge in [0.2, 0.25) is 0 Å². The summed E-state index contributed by atoms with van der Waals surface area (Å²) in [5.74, 6) is 0. The molecule has 1 heterocycles. The number of ether oxygens (including phenoxy) is 1. The largest absolute Gasteiger partial charge is 0.762 e. The number of hydrogen-bond donors (Lipinski definition) is 1. The van der Waals surface area contributed by atoms with Gasteiger partial charge in [-0.2, -0.15) is 0 Å². The first-order valence-corrected chi connectivity index (χ1v) is 6.52. The molecule has 0 aliphatic carbocycles. The Bertz CT molecular complexity index is 508. The Hall–Kier alpha value is -1.63. The van der Waals surface area contributed by atoms with Crippen LogP contribution in [0.5, 0.6) is 0 Å². The van der Waals surface area contributed by atoms with Crippen LogP contribution in [0.1, 0.15) is 31.9 Å². The summed E-state index contributed by atoms with van der Waals surface area (Å²) in [6.45, 7) is 5.97. The average molecular weight is 279 g/mol. The van der Waals surface area contributed by atoms with Crippen LogP contribution in [0.2, 0.25) is 0 Å². The van der Waals surface area contributed by atoms with E-state index in [9.17, 15) is 10.0 Å². The van der Waals surface area contributed by atoms with Crippen molar-refractivity contribution in [2.24, 2.45) is 0 Å². The van der Waals surface area contributed by atoms with Gasteiger partial charge >= 0.3 is 6.09 Å². The summed E-state index contributed by atoms with van der Waals surface area (Å²) in [6.07, 6.45) is 0.351. The maximum absolute atomic E-state index is 12.1. The van der Waals surface area contributed by atoms with E-state index in [1.165, 1.54) is 0 Å². The lowest BCUT2D eigenvalue weighted by atomic mass is 10.1. The summed E-state index contributed by atoms with van der Waals surface area (Å²) >= 11 is 0. The van der Waals surface area contributed by atoms with Crippen LogP contribution in [0.3, 0.4) is 0 Å². The summed E-state index contributed by atoms with van der Waals surface area (Å²) in [6, 6.07) is 5.34. The highest BCUT2D eigenvalue weighted by atomic mass is 16.8. The lowest BCUT2D eigenvalue weighted by Crippen LogP contribution is -2.35. The fourth-order valence-electron chi connectivity index (χ4n) is 2.22. The molecule has 1 aromatic rings. The summed E-state index contributed by atoms with van der Waals surface area (Å²) in [4.78, 5) is 13.7. The van der Waals surface area contributed by atoms with E-state index in [-0.39, 0.29) is 17.9 Å². The number of carbonyl (C=O) groups is 1. The Morgan fingerprint density at radius 3 is 2.80 bits per heavy atom. The smallest absolute Gasteiger partial charge is 0.414 e. The topological polar surface area (TPSA) is 76.1 Å². The molecule has 2 rings (SSSR count). The predicted octanol–water partition coefficient (Wildman–Crippen LogP) is 2.67. The molecule has 0 unspecified atom stereocenters. The lowest BCUT2D eigenvalue weighted by Gasteiger charge is -2.25. The molecule has 0 radical (unpaired) electrons. The van der Waals surface area contributed by atoms with Crippen LogP contribution in [-0.2, 0) is 17.7 Å². The molecule has 0 spiro atoms. The van der Waals surface area contributed by atoms with E-state index in [2.05, 4.69) is 0 Å². The standard InChI is InChI=1S/C14H19N2O4/c1-14(2,3)20-13(17)15-7-6-11-8-10(9-16(18)19)4-5-12(11)15/h4-5,8,18H,6-7,9H2,1-3H3/q-1. The molecular formula is C14H19N2O4-. The van der Waals surface area contributed by atoms with E-state index >= 15 is 0 Å². The van der Waals surface area contributed by atoms with Crippen molar-refractivity contribution in [3.05, 3.63) is 34.5 Å². The van der Waals surface area contributed by atoms with Crippen molar-refractivity contribution in [2.45, 2.75) is 39.3 Å². The van der Waals surface area contributed by atoms with Crippen LogP contribution >= 0.6 is 0 Å². The number of anilines is 1. The molecule has 20 heavy (non-hydrogen) atoms. The molecule has 0 fully saturated rings. The molecule has 0 aromatic heterocycles. The average Bonchev–Trinajstić information content (AvgIpc) is 2.68. The van der Waals surface area contributed by atoms with Gasteiger partial charge in [0.15, 0.2) is 0 Å². The van der Waals surface area contributed by atoms with Gasteiger partial charge in [-0.05, 0) is 44.4 Å². The number of hydroxylamine groups is 2. The molecule has 1 aromatic carbocycles. The zero-order valence-electron chi connectivity index (χ0n) is 11.9. The molecule has 110 valence electrons. The molecule has 0 saturated heterocycles. The molecule has 1 amide bonds. The minimum atomic E-state index is -0.528. The second-order valence-electron chi connectivity index (χ2n) is 5.86. The third-order valence-electron chi connectivity index (χ3n) is 2.97. The van der Waals surface area contributed by atoms with Gasteiger partial charge < -0.3 is 15.2 Å². The van der Waals surface area contributed by atoms with Crippen LogP contribution in [0.15, 0.2) is 18.2 Å². The number of rotatable bonds is 2. The molecule has 1 aliphatic heterocycles. The summed E-state index contributed by atoms with van der Waals surface area (Å²) in [5, 5.41) is 19.2. The molecule has 0 bridgehead atoms. The van der Waals surface area contributed by atoms with Crippen molar-refractivity contribution in [3.63, 3.8) is 0 Å². The van der Waals surface area contributed by atoms with Gasteiger partial charge in [0.25, 0.3) is 0 Å². The van der Waals surface area contributed by atoms with Crippen molar-refractivity contribution in [2.75, 3.05) is 11.4 Å². The second kappa shape index (κ2) is 5.40. The Morgan fingerprint density at radius 2 is 2.20 bits per heavy atom. The zero-order valence-corrected chi connectivity index (χ0v) is 11.9. The minimum Gasteiger partial charge on any atom is -0.762 e. The Labute approximate surface area is 118 Å². The van der Waals surface area contributed by atoms with Gasteiger partial charge in [-0.3, -0.25) is 10.1 Å². The van der Waals surface area contributed by atoms with Crippen LogP contribution in [0.4, 0.5) is 10.5 Å². The van der Waals surface area contributed by atoms with Gasteiger partial charge in [0.05, 0.1) is 5.69 Å². The van der Waals surface area contributed by atoms with Crippen molar-refractivity contribution in [1.82, 2.24) is 5.23 Å². The molecule has 6 nitrogen and oxygen atoms in total. The van der Waals surface area contributed by atoms with Crippen LogP contribution in [0.25, 0.3) is 0 Å². The first-order chi connectivity index (χ1) is 9.26. The fourth-order valence-corrected chi connectivity index (χ4v) is 2.22. The molecular weight excluding hydrogens is 260 g/mol. The van der Waals surface area contributed by atoms with Gasteiger partial charge in [0.1, 0.15) is 5.60 Å². The lowest BCUT2D eigenvalue weighted by molar-refractivity contribution is -0.0487. The van der Waals surface area contributed by atoms with Crippen molar-refractivity contribution in [1.29, 1.82) is 0 Å². The SMILES string of the molecule is CC(C)(C)OC(=O)N1CCc2cc(CN([O-])O)ccc21. The van der Waals surface area contributed by atoms with Gasteiger partial charge in [-0.25, -0.2) is 4.79 Å². The zero-order chi connectivity index (χ0) is 14.9. The normalized spacial score (nSPS) is 14.6. The van der Waals surface area contributed by atoms with Gasteiger partial charge in [0, 0.05) is 13.1 Å². The van der Waals surface area contributed by atoms with E-state index in [1.54, 1.807) is 17.0 Å². The minimum absolute atomic E-state index is 0.0836. The van der Waals surface area contributed by atoms with E-state index in [4.69, 9.17) is 9.94 Å². The summed E-state index contributed by atoms with van der Waals surface area (Å²) < 4.78 is 5.36. The van der Waals surface area contributed by atoms with Crippen LogP contribution in [0, 0.1) is 5.21 Å². The number of amides is 1. The highest BCUT2D eigenvalue weighted by Crippen LogP contribution is 2.30. The Kier molecular flexibility index (Phi) is 3.99. The summed E-state index contributed by atoms with van der Waals surface area (Å²) in [5.41, 5.74) is 1.97. The number of nitrogens with zero attached hydrogens (tertiary/aromatic N) is 2. The maximum Gasteiger partial charge on any atom is 0.414 e. The monoisotopic (exact) mass is 279 g/mol. The quantitative estimate of drug-likeness (QED) is 0.842. The molecule has 1 aliphatic rings. The highest BCUT2D eigenvalue weighted by Gasteiger charge is 2.28. The Morgan fingerprint density at radius 1 is 1.50 bits per heavy atom. The van der Waals surface area contributed by atoms with E-state index < -0.39 is 5.60 Å². The van der Waals surface area contributed by atoms with E-state index in [0.29, 0.717) is 18.5 Å². The third-order valence-corrected chi connectivity index (χ3v) is 2.97. The van der Waals surface area contributed by atoms with E-state index in [0.717, 1.165) is 11.3 Å². The molecule has 1 N–H and O–H groups in total. The van der Waals surface area contributed by atoms with Crippen molar-refractivity contribution < 1.29 is 14.7 Å². The predicted molar refractivity (Wildman–Crippen MR) is 74.4 cm³/mol. The Balaban J connectivity index is 2.15. The third kappa shape index (κ3) is 3.47. The summed E-state index contributed by atoms with van der Waals surface area (Å²) in [7, 11) is 0. The first-order valence-electron chi connectivity index (χ1n) is 6.52. The van der Waals surface area contributed by atoms with Crippen molar-refractivity contribution in [3.8, 4) is 0 Å². The second-order valence-corrected chi connectivity index (χ2v) is 5.86. The fraction of sp³-hybridized carbons (Fsp3) is 0.500.